The van der Waals surface area contributed by atoms with Gasteiger partial charge in [-0.1, -0.05) is 13.8 Å². The first kappa shape index (κ1) is 11.9. The molecule has 0 bridgehead atoms. The van der Waals surface area contributed by atoms with Crippen LogP contribution >= 0.6 is 0 Å². The van der Waals surface area contributed by atoms with E-state index < -0.39 is 0 Å². The quantitative estimate of drug-likeness (QED) is 0.520. The van der Waals surface area contributed by atoms with Crippen LogP contribution in [0.3, 0.4) is 0 Å². The van der Waals surface area contributed by atoms with Crippen LogP contribution in [0.5, 0.6) is 0 Å². The molecule has 0 radical (unpaired) electrons. The van der Waals surface area contributed by atoms with Gasteiger partial charge in [-0.3, -0.25) is 0 Å². The van der Waals surface area contributed by atoms with Crippen LogP contribution in [0.4, 0.5) is 0 Å². The maximum absolute atomic E-state index is 8.49. The van der Waals surface area contributed by atoms with Crippen molar-refractivity contribution in [3.8, 4) is 0 Å². The lowest BCUT2D eigenvalue weighted by molar-refractivity contribution is 0.280. The van der Waals surface area contributed by atoms with Crippen molar-refractivity contribution in [2.45, 2.75) is 20.3 Å². The van der Waals surface area contributed by atoms with Crippen molar-refractivity contribution in [1.29, 1.82) is 0 Å². The van der Waals surface area contributed by atoms with Crippen LogP contribution in [0.1, 0.15) is 20.3 Å². The average molecular weight is 174 g/mol. The van der Waals surface area contributed by atoms with E-state index in [-0.39, 0.29) is 6.61 Å². The van der Waals surface area contributed by atoms with Crippen LogP contribution < -0.4 is 5.32 Å². The highest BCUT2D eigenvalue weighted by Crippen LogP contribution is 1.88. The van der Waals surface area contributed by atoms with Gasteiger partial charge in [0.2, 0.25) is 0 Å². The van der Waals surface area contributed by atoms with E-state index >= 15 is 0 Å². The molecule has 0 rings (SSSR count). The second-order valence-electron chi connectivity index (χ2n) is 2.85. The van der Waals surface area contributed by atoms with Gasteiger partial charge in [-0.25, -0.2) is 0 Å². The lowest BCUT2D eigenvalue weighted by Crippen LogP contribution is -2.28. The van der Waals surface area contributed by atoms with E-state index in [0.29, 0.717) is 0 Å². The summed E-state index contributed by atoms with van der Waals surface area (Å²) in [6.45, 7) is 9.77. The number of nitrogens with zero attached hydrogens (tertiary/aromatic N) is 1. The molecular weight excluding hydrogens is 152 g/mol. The summed E-state index contributed by atoms with van der Waals surface area (Å²) in [5.74, 6) is 0. The zero-order valence-electron chi connectivity index (χ0n) is 8.34. The summed E-state index contributed by atoms with van der Waals surface area (Å²) in [7, 11) is 0. The first-order valence-electron chi connectivity index (χ1n) is 4.89. The number of hydrogen-bond donors (Lipinski definition) is 2. The van der Waals surface area contributed by atoms with Crippen molar-refractivity contribution >= 4 is 0 Å². The van der Waals surface area contributed by atoms with E-state index in [1.807, 2.05) is 0 Å². The highest BCUT2D eigenvalue weighted by atomic mass is 16.3. The Hall–Kier alpha value is -0.120. The molecule has 2 N–H and O–H groups in total. The lowest BCUT2D eigenvalue weighted by Gasteiger charge is -2.17. The van der Waals surface area contributed by atoms with Gasteiger partial charge in [-0.15, -0.1) is 0 Å². The van der Waals surface area contributed by atoms with Crippen molar-refractivity contribution in [1.82, 2.24) is 10.2 Å². The van der Waals surface area contributed by atoms with Gasteiger partial charge in [-0.05, 0) is 32.6 Å². The van der Waals surface area contributed by atoms with Crippen LogP contribution in [-0.4, -0.2) is 49.3 Å². The molecule has 3 nitrogen and oxygen atoms in total. The monoisotopic (exact) mass is 174 g/mol. The molecule has 0 aliphatic carbocycles. The number of aliphatic hydroxyl groups is 1. The maximum atomic E-state index is 8.49. The number of rotatable bonds is 8. The van der Waals surface area contributed by atoms with E-state index in [1.54, 1.807) is 0 Å². The second-order valence-corrected chi connectivity index (χ2v) is 2.85. The van der Waals surface area contributed by atoms with Gasteiger partial charge in [0, 0.05) is 6.54 Å². The average Bonchev–Trinajstić information content (AvgIpc) is 2.11. The van der Waals surface area contributed by atoms with Crippen LogP contribution in [-0.2, 0) is 0 Å². The molecule has 0 aliphatic rings. The molecule has 0 fully saturated rings. The van der Waals surface area contributed by atoms with Gasteiger partial charge < -0.3 is 15.3 Å². The van der Waals surface area contributed by atoms with Crippen LogP contribution in [0.25, 0.3) is 0 Å². The molecule has 0 saturated carbocycles. The Morgan fingerprint density at radius 3 is 2.33 bits per heavy atom. The summed E-state index contributed by atoms with van der Waals surface area (Å²) in [5.41, 5.74) is 0. The summed E-state index contributed by atoms with van der Waals surface area (Å²) in [6, 6.07) is 0. The minimum absolute atomic E-state index is 0.241. The molecule has 12 heavy (non-hydrogen) atoms. The molecule has 0 amide bonds. The van der Waals surface area contributed by atoms with Crippen molar-refractivity contribution in [2.24, 2.45) is 0 Å². The van der Waals surface area contributed by atoms with Crippen LogP contribution in [0.2, 0.25) is 0 Å². The third kappa shape index (κ3) is 6.58. The maximum Gasteiger partial charge on any atom is 0.0555 e. The smallest absolute Gasteiger partial charge is 0.0555 e. The Kier molecular flexibility index (Phi) is 8.88. The third-order valence-electron chi connectivity index (χ3n) is 2.01. The molecular formula is C9H22N2O. The molecule has 0 spiro atoms. The summed E-state index contributed by atoms with van der Waals surface area (Å²) in [4.78, 5) is 2.40. The third-order valence-corrected chi connectivity index (χ3v) is 2.01. The summed E-state index contributed by atoms with van der Waals surface area (Å²) in [5, 5.41) is 11.7. The van der Waals surface area contributed by atoms with Gasteiger partial charge >= 0.3 is 0 Å². The fourth-order valence-electron chi connectivity index (χ4n) is 1.17. The molecule has 3 heteroatoms. The summed E-state index contributed by atoms with van der Waals surface area (Å²) < 4.78 is 0. The van der Waals surface area contributed by atoms with Gasteiger partial charge in [0.1, 0.15) is 0 Å². The first-order valence-corrected chi connectivity index (χ1v) is 4.89. The molecule has 0 saturated heterocycles. The Balaban J connectivity index is 3.06. The molecule has 74 valence electrons. The molecule has 0 aromatic rings. The van der Waals surface area contributed by atoms with Crippen molar-refractivity contribution < 1.29 is 5.11 Å². The summed E-state index contributed by atoms with van der Waals surface area (Å²) >= 11 is 0. The van der Waals surface area contributed by atoms with Gasteiger partial charge in [0.15, 0.2) is 0 Å². The van der Waals surface area contributed by atoms with Crippen molar-refractivity contribution in [2.75, 3.05) is 39.3 Å². The summed E-state index contributed by atoms with van der Waals surface area (Å²) in [6.07, 6.45) is 1.17. The highest BCUT2D eigenvalue weighted by Gasteiger charge is 1.96. The van der Waals surface area contributed by atoms with Crippen LogP contribution in [0.15, 0.2) is 0 Å². The SMILES string of the molecule is CCN(CC)CCCNCCO. The minimum Gasteiger partial charge on any atom is -0.395 e. The Labute approximate surface area is 75.8 Å². The van der Waals surface area contributed by atoms with Gasteiger partial charge in [0.05, 0.1) is 6.61 Å². The molecule has 0 atom stereocenters. The normalized spacial score (nSPS) is 11.0. The molecule has 0 aliphatic heterocycles. The molecule has 0 aromatic carbocycles. The number of hydrogen-bond acceptors (Lipinski definition) is 3. The predicted molar refractivity (Wildman–Crippen MR) is 52.4 cm³/mol. The minimum atomic E-state index is 0.241. The van der Waals surface area contributed by atoms with Crippen molar-refractivity contribution in [3.63, 3.8) is 0 Å². The van der Waals surface area contributed by atoms with E-state index in [0.717, 1.165) is 32.7 Å². The molecule has 0 heterocycles. The number of nitrogens with one attached hydrogen (secondary N) is 1. The van der Waals surface area contributed by atoms with E-state index in [2.05, 4.69) is 24.1 Å². The van der Waals surface area contributed by atoms with E-state index in [9.17, 15) is 0 Å². The standard InChI is InChI=1S/C9H22N2O/c1-3-11(4-2)8-5-6-10-7-9-12/h10,12H,3-9H2,1-2H3. The number of aliphatic hydroxyl groups excluding tert-OH is 1. The predicted octanol–water partition coefficient (Wildman–Crippen LogP) is 0.300. The van der Waals surface area contributed by atoms with E-state index in [1.165, 1.54) is 6.42 Å². The molecule has 0 aromatic heterocycles. The Bertz CT molecular complexity index is 84.6. The fourth-order valence-corrected chi connectivity index (χ4v) is 1.17. The zero-order valence-corrected chi connectivity index (χ0v) is 8.34. The Morgan fingerprint density at radius 2 is 1.83 bits per heavy atom. The largest absolute Gasteiger partial charge is 0.395 e. The van der Waals surface area contributed by atoms with E-state index in [4.69, 9.17) is 5.11 Å². The highest BCUT2D eigenvalue weighted by molar-refractivity contribution is 4.54. The lowest BCUT2D eigenvalue weighted by atomic mass is 10.3. The zero-order chi connectivity index (χ0) is 9.23. The first-order chi connectivity index (χ1) is 5.85. The van der Waals surface area contributed by atoms with Gasteiger partial charge in [-0.2, -0.15) is 0 Å². The second kappa shape index (κ2) is 8.97. The molecule has 0 unspecified atom stereocenters. The topological polar surface area (TPSA) is 35.5 Å². The van der Waals surface area contributed by atoms with Crippen molar-refractivity contribution in [3.05, 3.63) is 0 Å². The fraction of sp³-hybridized carbons (Fsp3) is 1.00. The van der Waals surface area contributed by atoms with Gasteiger partial charge in [0.25, 0.3) is 0 Å². The Morgan fingerprint density at radius 1 is 1.17 bits per heavy atom. The van der Waals surface area contributed by atoms with Crippen LogP contribution in [0, 0.1) is 0 Å².